The Morgan fingerprint density at radius 1 is 1.18 bits per heavy atom. The number of hydrogen-bond donors (Lipinski definition) is 1. The summed E-state index contributed by atoms with van der Waals surface area (Å²) in [5.41, 5.74) is 4.21. The number of halogens is 6. The van der Waals surface area contributed by atoms with Crippen LogP contribution in [-0.2, 0) is 0 Å². The Kier molecular flexibility index (Phi) is 3.87. The van der Waals surface area contributed by atoms with Gasteiger partial charge >= 0.3 is 6.36 Å². The van der Waals surface area contributed by atoms with Crippen LogP contribution in [0.4, 0.5) is 26.3 Å². The molecule has 0 aliphatic heterocycles. The van der Waals surface area contributed by atoms with Crippen LogP contribution in [0.2, 0.25) is 0 Å². The fraction of sp³-hybridized carbons (Fsp3) is 0.333. The van der Waals surface area contributed by atoms with Crippen molar-refractivity contribution in [3.8, 4) is 5.75 Å². The zero-order chi connectivity index (χ0) is 13.2. The average molecular weight is 259 g/mol. The Morgan fingerprint density at radius 3 is 2.24 bits per heavy atom. The molecule has 0 heterocycles. The third kappa shape index (κ3) is 3.81. The van der Waals surface area contributed by atoms with Gasteiger partial charge in [0, 0.05) is 5.56 Å². The van der Waals surface area contributed by atoms with Crippen molar-refractivity contribution in [2.75, 3.05) is 0 Å². The summed E-state index contributed by atoms with van der Waals surface area (Å²) >= 11 is 0. The maximum absolute atomic E-state index is 13.1. The van der Waals surface area contributed by atoms with Gasteiger partial charge in [-0.3, -0.25) is 0 Å². The van der Waals surface area contributed by atoms with Gasteiger partial charge in [0.1, 0.15) is 11.6 Å². The summed E-state index contributed by atoms with van der Waals surface area (Å²) in [5.74, 6) is -1.92. The molecule has 0 spiro atoms. The summed E-state index contributed by atoms with van der Waals surface area (Å²) in [6.07, 6.45) is -8.07. The Morgan fingerprint density at radius 2 is 1.76 bits per heavy atom. The van der Waals surface area contributed by atoms with E-state index in [2.05, 4.69) is 4.74 Å². The summed E-state index contributed by atoms with van der Waals surface area (Å²) in [7, 11) is 0. The predicted octanol–water partition coefficient (Wildman–Crippen LogP) is 2.99. The van der Waals surface area contributed by atoms with E-state index < -0.39 is 36.0 Å². The van der Waals surface area contributed by atoms with Gasteiger partial charge in [-0.15, -0.1) is 13.2 Å². The van der Waals surface area contributed by atoms with Crippen molar-refractivity contribution in [1.82, 2.24) is 0 Å². The largest absolute Gasteiger partial charge is 0.573 e. The van der Waals surface area contributed by atoms with Crippen molar-refractivity contribution >= 4 is 0 Å². The molecule has 2 N–H and O–H groups in total. The predicted molar refractivity (Wildman–Crippen MR) is 46.0 cm³/mol. The molecule has 8 heteroatoms. The molecule has 1 aromatic rings. The van der Waals surface area contributed by atoms with Crippen LogP contribution in [-0.4, -0.2) is 12.8 Å². The SMILES string of the molecule is N[C@@H](c1cc(OC(F)(F)F)ccc1F)C(F)F. The lowest BCUT2D eigenvalue weighted by atomic mass is 10.1. The zero-order valence-electron chi connectivity index (χ0n) is 8.14. The number of nitrogens with two attached hydrogens (primary N) is 1. The van der Waals surface area contributed by atoms with Crippen LogP contribution < -0.4 is 10.5 Å². The lowest BCUT2D eigenvalue weighted by molar-refractivity contribution is -0.274. The molecule has 0 fully saturated rings. The number of rotatable bonds is 3. The smallest absolute Gasteiger partial charge is 0.406 e. The summed E-state index contributed by atoms with van der Waals surface area (Å²) in [6, 6.07) is -0.255. The third-order valence-corrected chi connectivity index (χ3v) is 1.83. The van der Waals surface area contributed by atoms with E-state index in [0.717, 1.165) is 0 Å². The molecule has 1 atom stereocenters. The van der Waals surface area contributed by atoms with Gasteiger partial charge in [0.25, 0.3) is 6.43 Å². The molecule has 1 rings (SSSR count). The Bertz CT molecular complexity index is 392. The van der Waals surface area contributed by atoms with E-state index in [1.807, 2.05) is 0 Å². The molecule has 0 aliphatic carbocycles. The second-order valence-corrected chi connectivity index (χ2v) is 3.09. The van der Waals surface area contributed by atoms with Crippen LogP contribution in [0.25, 0.3) is 0 Å². The Balaban J connectivity index is 3.02. The quantitative estimate of drug-likeness (QED) is 0.847. The van der Waals surface area contributed by atoms with Gasteiger partial charge in [-0.25, -0.2) is 13.2 Å². The Labute approximate surface area is 92.0 Å². The van der Waals surface area contributed by atoms with Crippen molar-refractivity contribution in [3.05, 3.63) is 29.6 Å². The fourth-order valence-corrected chi connectivity index (χ4v) is 1.11. The first kappa shape index (κ1) is 13.6. The minimum Gasteiger partial charge on any atom is -0.406 e. The highest BCUT2D eigenvalue weighted by Crippen LogP contribution is 2.28. The molecular formula is C9H7F6NO. The normalized spacial score (nSPS) is 13.9. The molecule has 0 aliphatic rings. The van der Waals surface area contributed by atoms with Crippen LogP contribution in [0.5, 0.6) is 5.75 Å². The van der Waals surface area contributed by atoms with Crippen LogP contribution in [0.15, 0.2) is 18.2 Å². The molecule has 1 aromatic carbocycles. The molecular weight excluding hydrogens is 252 g/mol. The first-order chi connectivity index (χ1) is 7.70. The maximum Gasteiger partial charge on any atom is 0.573 e. The highest BCUT2D eigenvalue weighted by molar-refractivity contribution is 5.32. The first-order valence-corrected chi connectivity index (χ1v) is 4.29. The molecule has 0 aromatic heterocycles. The molecule has 0 unspecified atom stereocenters. The number of benzene rings is 1. The number of hydrogen-bond acceptors (Lipinski definition) is 2. The molecule has 0 bridgehead atoms. The van der Waals surface area contributed by atoms with Crippen LogP contribution >= 0.6 is 0 Å². The van der Waals surface area contributed by atoms with E-state index in [-0.39, 0.29) is 0 Å². The molecule has 17 heavy (non-hydrogen) atoms. The fourth-order valence-electron chi connectivity index (χ4n) is 1.11. The molecule has 96 valence electrons. The minimum atomic E-state index is -4.98. The van der Waals surface area contributed by atoms with Crippen molar-refractivity contribution in [3.63, 3.8) is 0 Å². The lowest BCUT2D eigenvalue weighted by Gasteiger charge is -2.14. The zero-order valence-corrected chi connectivity index (χ0v) is 8.14. The summed E-state index contributed by atoms with van der Waals surface area (Å²) in [4.78, 5) is 0. The van der Waals surface area contributed by atoms with E-state index in [1.165, 1.54) is 0 Å². The third-order valence-electron chi connectivity index (χ3n) is 1.83. The molecule has 0 radical (unpaired) electrons. The van der Waals surface area contributed by atoms with Gasteiger partial charge in [0.05, 0.1) is 6.04 Å². The maximum atomic E-state index is 13.1. The lowest BCUT2D eigenvalue weighted by Crippen LogP contribution is -2.21. The highest BCUT2D eigenvalue weighted by atomic mass is 19.4. The Hall–Kier alpha value is -1.44. The first-order valence-electron chi connectivity index (χ1n) is 4.29. The van der Waals surface area contributed by atoms with Crippen molar-refractivity contribution in [2.45, 2.75) is 18.8 Å². The van der Waals surface area contributed by atoms with Crippen molar-refractivity contribution in [1.29, 1.82) is 0 Å². The highest BCUT2D eigenvalue weighted by Gasteiger charge is 2.32. The minimum absolute atomic E-state index is 0.500. The van der Waals surface area contributed by atoms with E-state index >= 15 is 0 Å². The second kappa shape index (κ2) is 4.82. The van der Waals surface area contributed by atoms with E-state index in [1.54, 1.807) is 0 Å². The van der Waals surface area contributed by atoms with Gasteiger partial charge in [-0.2, -0.15) is 0 Å². The monoisotopic (exact) mass is 259 g/mol. The van der Waals surface area contributed by atoms with Crippen LogP contribution in [0.3, 0.4) is 0 Å². The summed E-state index contributed by atoms with van der Waals surface area (Å²) in [6.45, 7) is 0. The van der Waals surface area contributed by atoms with E-state index in [4.69, 9.17) is 5.73 Å². The van der Waals surface area contributed by atoms with Gasteiger partial charge in [0.15, 0.2) is 0 Å². The molecule has 0 saturated carbocycles. The number of ether oxygens (including phenoxy) is 1. The van der Waals surface area contributed by atoms with E-state index in [0.29, 0.717) is 18.2 Å². The van der Waals surface area contributed by atoms with Gasteiger partial charge in [-0.05, 0) is 18.2 Å². The second-order valence-electron chi connectivity index (χ2n) is 3.09. The van der Waals surface area contributed by atoms with Crippen molar-refractivity contribution < 1.29 is 31.1 Å². The van der Waals surface area contributed by atoms with Crippen LogP contribution in [0.1, 0.15) is 11.6 Å². The average Bonchev–Trinajstić information content (AvgIpc) is 2.17. The van der Waals surface area contributed by atoms with Crippen LogP contribution in [0, 0.1) is 5.82 Å². The molecule has 0 saturated heterocycles. The van der Waals surface area contributed by atoms with Crippen molar-refractivity contribution in [2.24, 2.45) is 5.73 Å². The topological polar surface area (TPSA) is 35.2 Å². The van der Waals surface area contributed by atoms with Gasteiger partial charge in [0.2, 0.25) is 0 Å². The summed E-state index contributed by atoms with van der Waals surface area (Å²) < 4.78 is 76.5. The standard InChI is InChI=1S/C9H7F6NO/c10-6-2-1-4(17-9(13,14)15)3-5(6)7(16)8(11)12/h1-3,7-8H,16H2/t7-/m0/s1. The summed E-state index contributed by atoms with van der Waals surface area (Å²) in [5, 5.41) is 0. The molecule has 0 amide bonds. The molecule has 2 nitrogen and oxygen atoms in total. The number of alkyl halides is 5. The van der Waals surface area contributed by atoms with Gasteiger partial charge < -0.3 is 10.5 Å². The van der Waals surface area contributed by atoms with Gasteiger partial charge in [-0.1, -0.05) is 0 Å². The van der Waals surface area contributed by atoms with E-state index in [9.17, 15) is 26.3 Å².